The molecule has 0 radical (unpaired) electrons. The number of carbonyl (C=O) groups is 3. The number of carboxylic acids is 1. The van der Waals surface area contributed by atoms with Crippen LogP contribution in [0.2, 0.25) is 0 Å². The van der Waals surface area contributed by atoms with Gasteiger partial charge < -0.3 is 20.4 Å². The molecule has 0 saturated heterocycles. The van der Waals surface area contributed by atoms with Gasteiger partial charge in [-0.25, -0.2) is 0 Å². The maximum absolute atomic E-state index is 12.2. The highest BCUT2D eigenvalue weighted by Gasteiger charge is 2.17. The number of carboxylic acid groups (broad SMARTS) is 1. The normalized spacial score (nSPS) is 13.6. The van der Waals surface area contributed by atoms with Crippen molar-refractivity contribution in [1.29, 1.82) is 0 Å². The molecule has 0 aromatic heterocycles. The monoisotopic (exact) mass is 318 g/mol. The highest BCUT2D eigenvalue weighted by atomic mass is 16.4. The zero-order chi connectivity index (χ0) is 16.8. The Labute approximate surface area is 134 Å². The molecule has 1 heterocycles. The van der Waals surface area contributed by atoms with Crippen LogP contribution in [0.15, 0.2) is 18.2 Å². The molecule has 0 spiro atoms. The Kier molecular flexibility index (Phi) is 5.75. The zero-order valence-corrected chi connectivity index (χ0v) is 12.9. The lowest BCUT2D eigenvalue weighted by atomic mass is 9.86. The van der Waals surface area contributed by atoms with Gasteiger partial charge in [0.05, 0.1) is 13.0 Å². The van der Waals surface area contributed by atoms with Crippen LogP contribution in [0.25, 0.3) is 0 Å². The average molecular weight is 318 g/mol. The second-order valence-corrected chi connectivity index (χ2v) is 5.55. The number of hydrogen-bond donors (Lipinski definition) is 3. The first kappa shape index (κ1) is 17.0. The summed E-state index contributed by atoms with van der Waals surface area (Å²) in [5.74, 6) is -1.50. The number of rotatable bonds is 7. The Morgan fingerprint density at radius 2 is 2.17 bits per heavy atom. The van der Waals surface area contributed by atoms with E-state index in [1.807, 2.05) is 6.07 Å². The molecule has 0 unspecified atom stereocenters. The fraction of sp³-hybridized carbons (Fsp3) is 0.400. The quantitative estimate of drug-likeness (QED) is 0.576. The van der Waals surface area contributed by atoms with E-state index in [-0.39, 0.29) is 37.2 Å². The summed E-state index contributed by atoms with van der Waals surface area (Å²) in [4.78, 5) is 34.2. The third-order valence-corrected chi connectivity index (χ3v) is 3.51. The Morgan fingerprint density at radius 3 is 2.91 bits per heavy atom. The molecule has 2 rings (SSSR count). The van der Waals surface area contributed by atoms with Crippen molar-refractivity contribution in [3.63, 3.8) is 0 Å². The van der Waals surface area contributed by atoms with E-state index < -0.39 is 5.97 Å². The molecule has 3 N–H and O–H groups in total. The smallest absolute Gasteiger partial charge is 0.309 e. The fourth-order valence-electron chi connectivity index (χ4n) is 2.33. The van der Waals surface area contributed by atoms with Crippen LogP contribution in [0, 0.1) is 0 Å². The highest BCUT2D eigenvalue weighted by molar-refractivity contribution is 6.49. The number of carbonyl (C=O) groups excluding carboxylic acids is 2. The molecule has 1 aromatic rings. The third-order valence-electron chi connectivity index (χ3n) is 3.51. The van der Waals surface area contributed by atoms with Crippen LogP contribution in [-0.2, 0) is 20.9 Å². The van der Waals surface area contributed by atoms with Gasteiger partial charge in [0.15, 0.2) is 0 Å². The second kappa shape index (κ2) is 7.78. The van der Waals surface area contributed by atoms with Gasteiger partial charge in [-0.2, -0.15) is 0 Å². The maximum Gasteiger partial charge on any atom is 0.309 e. The van der Waals surface area contributed by atoms with Gasteiger partial charge >= 0.3 is 13.5 Å². The summed E-state index contributed by atoms with van der Waals surface area (Å²) in [7, 11) is 0.512. The molecular formula is C15H19BN2O5. The summed E-state index contributed by atoms with van der Waals surface area (Å²) in [6, 6.07) is 5.07. The first-order valence-corrected chi connectivity index (χ1v) is 7.44. The molecule has 8 heteroatoms. The molecular weight excluding hydrogens is 299 g/mol. The van der Waals surface area contributed by atoms with Crippen molar-refractivity contribution in [2.45, 2.75) is 32.4 Å². The van der Waals surface area contributed by atoms with Gasteiger partial charge in [0.1, 0.15) is 0 Å². The Morgan fingerprint density at radius 1 is 1.39 bits per heavy atom. The molecule has 1 aliphatic rings. The standard InChI is InChI=1S/C15H19BN2O5/c1-9(6-13(19)17-5-4-14(20)21)18-15(22)10-2-3-11-8-23-16-12(11)7-10/h2-3,7,9,16H,4-6,8H2,1H3,(H,17,19)(H,18,22)(H,20,21)/t9-/m0/s1. The molecule has 0 aliphatic carbocycles. The van der Waals surface area contributed by atoms with Crippen LogP contribution in [0.1, 0.15) is 35.7 Å². The van der Waals surface area contributed by atoms with Crippen LogP contribution in [0.3, 0.4) is 0 Å². The number of amides is 2. The molecule has 0 bridgehead atoms. The number of nitrogens with one attached hydrogen (secondary N) is 2. The molecule has 1 aliphatic heterocycles. The molecule has 0 saturated carbocycles. The topological polar surface area (TPSA) is 105 Å². The predicted octanol–water partition coefficient (Wildman–Crippen LogP) is -0.707. The molecule has 1 atom stereocenters. The summed E-state index contributed by atoms with van der Waals surface area (Å²) >= 11 is 0. The van der Waals surface area contributed by atoms with E-state index in [2.05, 4.69) is 10.6 Å². The number of hydrogen-bond acceptors (Lipinski definition) is 4. The van der Waals surface area contributed by atoms with Crippen LogP contribution in [0.5, 0.6) is 0 Å². The summed E-state index contributed by atoms with van der Waals surface area (Å²) in [5.41, 5.74) is 2.64. The van der Waals surface area contributed by atoms with E-state index in [1.165, 1.54) is 0 Å². The summed E-state index contributed by atoms with van der Waals surface area (Å²) in [5, 5.41) is 13.8. The van der Waals surface area contributed by atoms with Crippen molar-refractivity contribution in [3.8, 4) is 0 Å². The van der Waals surface area contributed by atoms with Crippen molar-refractivity contribution < 1.29 is 24.1 Å². The van der Waals surface area contributed by atoms with E-state index in [4.69, 9.17) is 9.76 Å². The van der Waals surface area contributed by atoms with Crippen LogP contribution in [0.4, 0.5) is 0 Å². The molecule has 7 nitrogen and oxygen atoms in total. The van der Waals surface area contributed by atoms with E-state index in [9.17, 15) is 14.4 Å². The van der Waals surface area contributed by atoms with E-state index in [1.54, 1.807) is 19.1 Å². The summed E-state index contributed by atoms with van der Waals surface area (Å²) < 4.78 is 5.31. The van der Waals surface area contributed by atoms with Crippen molar-refractivity contribution in [1.82, 2.24) is 10.6 Å². The molecule has 1 aromatic carbocycles. The van der Waals surface area contributed by atoms with Gasteiger partial charge in [-0.05, 0) is 24.0 Å². The lowest BCUT2D eigenvalue weighted by Gasteiger charge is -2.14. The highest BCUT2D eigenvalue weighted by Crippen LogP contribution is 2.08. The lowest BCUT2D eigenvalue weighted by Crippen LogP contribution is -2.38. The maximum atomic E-state index is 12.2. The van der Waals surface area contributed by atoms with Crippen molar-refractivity contribution >= 4 is 30.7 Å². The Bertz CT molecular complexity index is 620. The van der Waals surface area contributed by atoms with Crippen molar-refractivity contribution in [3.05, 3.63) is 29.3 Å². The minimum absolute atomic E-state index is 0.0830. The molecule has 23 heavy (non-hydrogen) atoms. The summed E-state index contributed by atoms with van der Waals surface area (Å²) in [6.07, 6.45) is -0.0247. The van der Waals surface area contributed by atoms with Crippen LogP contribution < -0.4 is 16.1 Å². The SMILES string of the molecule is C[C@@H](CC(=O)NCCC(=O)O)NC(=O)c1ccc2c(c1)BOC2. The van der Waals surface area contributed by atoms with Crippen molar-refractivity contribution in [2.75, 3.05) is 6.54 Å². The van der Waals surface area contributed by atoms with Gasteiger partial charge in [0, 0.05) is 24.6 Å². The minimum atomic E-state index is -0.966. The molecule has 2 amide bonds. The van der Waals surface area contributed by atoms with Gasteiger partial charge in [-0.15, -0.1) is 0 Å². The largest absolute Gasteiger partial charge is 0.481 e. The van der Waals surface area contributed by atoms with Gasteiger partial charge in [-0.1, -0.05) is 12.1 Å². The second-order valence-electron chi connectivity index (χ2n) is 5.55. The number of fused-ring (bicyclic) bond motifs is 1. The van der Waals surface area contributed by atoms with Crippen molar-refractivity contribution in [2.24, 2.45) is 0 Å². The van der Waals surface area contributed by atoms with Crippen LogP contribution in [-0.4, -0.2) is 43.0 Å². The first-order valence-electron chi connectivity index (χ1n) is 7.44. The number of aliphatic carboxylic acids is 1. The average Bonchev–Trinajstić information content (AvgIpc) is 2.93. The summed E-state index contributed by atoms with van der Waals surface area (Å²) in [6.45, 7) is 2.38. The third kappa shape index (κ3) is 5.10. The minimum Gasteiger partial charge on any atom is -0.481 e. The number of benzene rings is 1. The van der Waals surface area contributed by atoms with Gasteiger partial charge in [0.2, 0.25) is 5.91 Å². The predicted molar refractivity (Wildman–Crippen MR) is 84.8 cm³/mol. The Balaban J connectivity index is 1.80. The van der Waals surface area contributed by atoms with E-state index >= 15 is 0 Å². The Hall–Kier alpha value is -2.35. The zero-order valence-electron chi connectivity index (χ0n) is 12.9. The molecule has 0 fully saturated rings. The van der Waals surface area contributed by atoms with E-state index in [0.29, 0.717) is 19.7 Å². The fourth-order valence-corrected chi connectivity index (χ4v) is 2.33. The molecule has 122 valence electrons. The van der Waals surface area contributed by atoms with Crippen LogP contribution >= 0.6 is 0 Å². The first-order chi connectivity index (χ1) is 11.0. The van der Waals surface area contributed by atoms with E-state index in [0.717, 1.165) is 11.0 Å². The van der Waals surface area contributed by atoms with Gasteiger partial charge in [-0.3, -0.25) is 14.4 Å². The van der Waals surface area contributed by atoms with Gasteiger partial charge in [0.25, 0.3) is 5.91 Å². The lowest BCUT2D eigenvalue weighted by molar-refractivity contribution is -0.136.